The zero-order chi connectivity index (χ0) is 8.91. The number of rotatable bonds is 3. The van der Waals surface area contributed by atoms with E-state index in [9.17, 15) is 4.79 Å². The Hall–Kier alpha value is -1.08. The SMILES string of the molecule is CCOC(=O)C(C)(C#N)OC. The van der Waals surface area contributed by atoms with Crippen molar-refractivity contribution < 1.29 is 14.3 Å². The molecule has 0 aromatic heterocycles. The molecule has 0 N–H and O–H groups in total. The molecule has 0 saturated carbocycles. The molecular weight excluding hydrogens is 146 g/mol. The lowest BCUT2D eigenvalue weighted by Crippen LogP contribution is -2.37. The largest absolute Gasteiger partial charge is 0.463 e. The van der Waals surface area contributed by atoms with E-state index >= 15 is 0 Å². The Morgan fingerprint density at radius 2 is 2.27 bits per heavy atom. The number of hydrogen-bond donors (Lipinski definition) is 0. The van der Waals surface area contributed by atoms with Crippen LogP contribution >= 0.6 is 0 Å². The quantitative estimate of drug-likeness (QED) is 0.559. The van der Waals surface area contributed by atoms with E-state index in [4.69, 9.17) is 5.26 Å². The second kappa shape index (κ2) is 3.94. The molecule has 11 heavy (non-hydrogen) atoms. The van der Waals surface area contributed by atoms with Crippen LogP contribution in [-0.2, 0) is 14.3 Å². The number of nitrogens with zero attached hydrogens (tertiary/aromatic N) is 1. The topological polar surface area (TPSA) is 59.3 Å². The van der Waals surface area contributed by atoms with Gasteiger partial charge in [0.1, 0.15) is 6.07 Å². The lowest BCUT2D eigenvalue weighted by molar-refractivity contribution is -0.160. The van der Waals surface area contributed by atoms with Crippen molar-refractivity contribution in [3.05, 3.63) is 0 Å². The van der Waals surface area contributed by atoms with E-state index < -0.39 is 11.6 Å². The fraction of sp³-hybridized carbons (Fsp3) is 0.714. The van der Waals surface area contributed by atoms with E-state index in [2.05, 4.69) is 9.47 Å². The molecular formula is C7H11NO3. The molecule has 0 rings (SSSR count). The van der Waals surface area contributed by atoms with Crippen LogP contribution in [0.15, 0.2) is 0 Å². The van der Waals surface area contributed by atoms with Gasteiger partial charge in [-0.15, -0.1) is 0 Å². The molecule has 0 radical (unpaired) electrons. The number of carbonyl (C=O) groups is 1. The summed E-state index contributed by atoms with van der Waals surface area (Å²) in [5.41, 5.74) is -1.46. The Kier molecular flexibility index (Phi) is 3.55. The van der Waals surface area contributed by atoms with Gasteiger partial charge < -0.3 is 9.47 Å². The highest BCUT2D eigenvalue weighted by molar-refractivity contribution is 5.82. The molecule has 1 unspecified atom stereocenters. The second-order valence-corrected chi connectivity index (χ2v) is 2.07. The molecule has 4 heteroatoms. The van der Waals surface area contributed by atoms with Crippen molar-refractivity contribution >= 4 is 5.97 Å². The molecule has 0 fully saturated rings. The first-order chi connectivity index (χ1) is 5.10. The van der Waals surface area contributed by atoms with E-state index in [1.807, 2.05) is 0 Å². The predicted octanol–water partition coefficient (Wildman–Crippen LogP) is 0.478. The zero-order valence-corrected chi connectivity index (χ0v) is 6.88. The maximum atomic E-state index is 11.0. The van der Waals surface area contributed by atoms with E-state index in [1.165, 1.54) is 14.0 Å². The van der Waals surface area contributed by atoms with Gasteiger partial charge in [0.2, 0.25) is 5.60 Å². The molecule has 62 valence electrons. The van der Waals surface area contributed by atoms with E-state index in [1.54, 1.807) is 13.0 Å². The summed E-state index contributed by atoms with van der Waals surface area (Å²) in [5, 5.41) is 8.51. The van der Waals surface area contributed by atoms with E-state index in [0.29, 0.717) is 0 Å². The minimum absolute atomic E-state index is 0.249. The van der Waals surface area contributed by atoms with Crippen molar-refractivity contribution in [2.24, 2.45) is 0 Å². The second-order valence-electron chi connectivity index (χ2n) is 2.07. The highest BCUT2D eigenvalue weighted by Gasteiger charge is 2.34. The number of esters is 1. The summed E-state index contributed by atoms with van der Waals surface area (Å²) in [6, 6.07) is 1.72. The molecule has 0 aromatic rings. The third kappa shape index (κ3) is 2.20. The van der Waals surface area contributed by atoms with Gasteiger partial charge in [-0.05, 0) is 13.8 Å². The number of nitriles is 1. The fourth-order valence-corrected chi connectivity index (χ4v) is 0.443. The van der Waals surface area contributed by atoms with Crippen LogP contribution < -0.4 is 0 Å². The van der Waals surface area contributed by atoms with Crippen LogP contribution in [0.25, 0.3) is 0 Å². The number of ether oxygens (including phenoxy) is 2. The standard InChI is InChI=1S/C7H11NO3/c1-4-11-6(9)7(2,5-8)10-3/h4H2,1-3H3. The van der Waals surface area contributed by atoms with Gasteiger partial charge >= 0.3 is 5.97 Å². The van der Waals surface area contributed by atoms with Gasteiger partial charge in [-0.25, -0.2) is 4.79 Å². The fourth-order valence-electron chi connectivity index (χ4n) is 0.443. The van der Waals surface area contributed by atoms with Crippen LogP contribution in [0.5, 0.6) is 0 Å². The Morgan fingerprint density at radius 1 is 1.73 bits per heavy atom. The first-order valence-electron chi connectivity index (χ1n) is 3.24. The van der Waals surface area contributed by atoms with Crippen LogP contribution in [0.4, 0.5) is 0 Å². The van der Waals surface area contributed by atoms with Crippen LogP contribution in [0.3, 0.4) is 0 Å². The molecule has 0 amide bonds. The minimum Gasteiger partial charge on any atom is -0.463 e. The predicted molar refractivity (Wildman–Crippen MR) is 37.7 cm³/mol. The third-order valence-corrected chi connectivity index (χ3v) is 1.29. The molecule has 0 saturated heterocycles. The lowest BCUT2D eigenvalue weighted by atomic mass is 10.1. The van der Waals surface area contributed by atoms with Gasteiger partial charge in [0.15, 0.2) is 0 Å². The maximum absolute atomic E-state index is 11.0. The number of methoxy groups -OCH3 is 1. The smallest absolute Gasteiger partial charge is 0.353 e. The summed E-state index contributed by atoms with van der Waals surface area (Å²) in [7, 11) is 1.29. The minimum atomic E-state index is -1.46. The average molecular weight is 157 g/mol. The highest BCUT2D eigenvalue weighted by Crippen LogP contribution is 2.09. The lowest BCUT2D eigenvalue weighted by Gasteiger charge is -2.16. The van der Waals surface area contributed by atoms with Crippen LogP contribution in [0.2, 0.25) is 0 Å². The Balaban J connectivity index is 4.28. The summed E-state index contributed by atoms with van der Waals surface area (Å²) in [6.45, 7) is 3.29. The molecule has 1 atom stereocenters. The molecule has 0 aliphatic rings. The van der Waals surface area contributed by atoms with E-state index in [0.717, 1.165) is 0 Å². The number of carbonyl (C=O) groups excluding carboxylic acids is 1. The maximum Gasteiger partial charge on any atom is 0.353 e. The van der Waals surface area contributed by atoms with Gasteiger partial charge in [-0.1, -0.05) is 0 Å². The van der Waals surface area contributed by atoms with Crippen molar-refractivity contribution in [1.82, 2.24) is 0 Å². The zero-order valence-electron chi connectivity index (χ0n) is 6.88. The van der Waals surface area contributed by atoms with E-state index in [-0.39, 0.29) is 6.61 Å². The van der Waals surface area contributed by atoms with Crippen molar-refractivity contribution in [1.29, 1.82) is 5.26 Å². The number of hydrogen-bond acceptors (Lipinski definition) is 4. The first kappa shape index (κ1) is 9.92. The Bertz CT molecular complexity index is 185. The van der Waals surface area contributed by atoms with Crippen molar-refractivity contribution in [3.8, 4) is 6.07 Å². The van der Waals surface area contributed by atoms with Gasteiger partial charge in [0, 0.05) is 7.11 Å². The molecule has 0 aliphatic carbocycles. The Labute approximate surface area is 65.7 Å². The summed E-state index contributed by atoms with van der Waals surface area (Å²) in [5.74, 6) is -0.648. The molecule has 4 nitrogen and oxygen atoms in total. The summed E-state index contributed by atoms with van der Waals surface area (Å²) < 4.78 is 9.27. The summed E-state index contributed by atoms with van der Waals surface area (Å²) in [6.07, 6.45) is 0. The van der Waals surface area contributed by atoms with Crippen molar-refractivity contribution in [3.63, 3.8) is 0 Å². The van der Waals surface area contributed by atoms with Gasteiger partial charge in [-0.2, -0.15) is 5.26 Å². The molecule has 0 spiro atoms. The van der Waals surface area contributed by atoms with Crippen LogP contribution in [0, 0.1) is 11.3 Å². The first-order valence-corrected chi connectivity index (χ1v) is 3.24. The highest BCUT2D eigenvalue weighted by atomic mass is 16.6. The van der Waals surface area contributed by atoms with Crippen molar-refractivity contribution in [2.45, 2.75) is 19.4 Å². The van der Waals surface area contributed by atoms with Gasteiger partial charge in [0.25, 0.3) is 0 Å². The molecule has 0 aliphatic heterocycles. The monoisotopic (exact) mass is 157 g/mol. The van der Waals surface area contributed by atoms with Crippen LogP contribution in [0.1, 0.15) is 13.8 Å². The van der Waals surface area contributed by atoms with Gasteiger partial charge in [-0.3, -0.25) is 0 Å². The van der Waals surface area contributed by atoms with Crippen molar-refractivity contribution in [2.75, 3.05) is 13.7 Å². The summed E-state index contributed by atoms with van der Waals surface area (Å²) >= 11 is 0. The summed E-state index contributed by atoms with van der Waals surface area (Å²) in [4.78, 5) is 11.0. The average Bonchev–Trinajstić information content (AvgIpc) is 2.03. The normalized spacial score (nSPS) is 14.7. The molecule has 0 bridgehead atoms. The van der Waals surface area contributed by atoms with Gasteiger partial charge in [0.05, 0.1) is 6.61 Å². The third-order valence-electron chi connectivity index (χ3n) is 1.29. The van der Waals surface area contributed by atoms with Crippen LogP contribution in [-0.4, -0.2) is 25.3 Å². The molecule has 0 heterocycles. The molecule has 0 aromatic carbocycles. The Morgan fingerprint density at radius 3 is 2.55 bits per heavy atom.